The van der Waals surface area contributed by atoms with Gasteiger partial charge < -0.3 is 14.8 Å². The second kappa shape index (κ2) is 13.4. The van der Waals surface area contributed by atoms with E-state index < -0.39 is 0 Å². The van der Waals surface area contributed by atoms with Gasteiger partial charge in [-0.2, -0.15) is 0 Å². The predicted molar refractivity (Wildman–Crippen MR) is 145 cm³/mol. The molecule has 0 radical (unpaired) electrons. The Morgan fingerprint density at radius 1 is 0.917 bits per heavy atom. The molecule has 1 N–H and O–H groups in total. The highest BCUT2D eigenvalue weighted by Crippen LogP contribution is 2.19. The first-order valence-corrected chi connectivity index (χ1v) is 13.7. The fourth-order valence-corrected chi connectivity index (χ4v) is 5.04. The quantitative estimate of drug-likeness (QED) is 0.345. The Morgan fingerprint density at radius 2 is 1.67 bits per heavy atom. The van der Waals surface area contributed by atoms with E-state index >= 15 is 0 Å². The highest BCUT2D eigenvalue weighted by molar-refractivity contribution is 6.30. The Hall–Kier alpha value is -2.86. The van der Waals surface area contributed by atoms with Gasteiger partial charge in [0, 0.05) is 44.0 Å². The Bertz CT molecular complexity index is 1130. The third kappa shape index (κ3) is 7.57. The number of rotatable bonds is 11. The van der Waals surface area contributed by atoms with Gasteiger partial charge in [0.15, 0.2) is 0 Å². The maximum absolute atomic E-state index is 12.9. The molecule has 1 aliphatic rings. The summed E-state index contributed by atoms with van der Waals surface area (Å²) in [5.74, 6) is 1.34. The van der Waals surface area contributed by atoms with Crippen molar-refractivity contribution >= 4 is 34.4 Å². The van der Waals surface area contributed by atoms with E-state index in [9.17, 15) is 9.59 Å². The number of nitrogens with one attached hydrogen (secondary N) is 1. The molecule has 0 saturated carbocycles. The van der Waals surface area contributed by atoms with Crippen molar-refractivity contribution in [1.82, 2.24) is 19.8 Å². The van der Waals surface area contributed by atoms with Gasteiger partial charge >= 0.3 is 0 Å². The number of unbranched alkanes of at least 4 members (excludes halogenated alkanes) is 2. The van der Waals surface area contributed by atoms with Gasteiger partial charge in [0.2, 0.25) is 11.8 Å². The SMILES string of the molecule is O=C(Cc1ccc(Cl)cc1)NCCCCCc1nc2ccccc2n1CCC(=O)N1CCCCCC1. The number of aromatic nitrogens is 2. The molecule has 1 aromatic heterocycles. The second-order valence-electron chi connectivity index (χ2n) is 9.68. The van der Waals surface area contributed by atoms with Crippen LogP contribution in [0.1, 0.15) is 62.8 Å². The van der Waals surface area contributed by atoms with Crippen molar-refractivity contribution in [3.05, 3.63) is 64.9 Å². The second-order valence-corrected chi connectivity index (χ2v) is 10.1. The summed E-state index contributed by atoms with van der Waals surface area (Å²) in [4.78, 5) is 32.0. The number of hydrogen-bond donors (Lipinski definition) is 1. The lowest BCUT2D eigenvalue weighted by atomic mass is 10.1. The van der Waals surface area contributed by atoms with Gasteiger partial charge in [0.05, 0.1) is 17.5 Å². The van der Waals surface area contributed by atoms with Crippen LogP contribution in [0.5, 0.6) is 0 Å². The molecule has 0 atom stereocenters. The molecule has 2 heterocycles. The van der Waals surface area contributed by atoms with E-state index in [-0.39, 0.29) is 11.8 Å². The lowest BCUT2D eigenvalue weighted by Gasteiger charge is -2.20. The summed E-state index contributed by atoms with van der Waals surface area (Å²) in [7, 11) is 0. The van der Waals surface area contributed by atoms with Gasteiger partial charge in [-0.15, -0.1) is 0 Å². The summed E-state index contributed by atoms with van der Waals surface area (Å²) in [6.45, 7) is 3.14. The van der Waals surface area contributed by atoms with Crippen LogP contribution in [0.25, 0.3) is 11.0 Å². The highest BCUT2D eigenvalue weighted by atomic mass is 35.5. The normalized spacial score (nSPS) is 14.1. The molecule has 7 heteroatoms. The third-order valence-electron chi connectivity index (χ3n) is 6.92. The topological polar surface area (TPSA) is 67.2 Å². The van der Waals surface area contributed by atoms with Crippen molar-refractivity contribution in [2.24, 2.45) is 0 Å². The predicted octanol–water partition coefficient (Wildman–Crippen LogP) is 5.55. The monoisotopic (exact) mass is 508 g/mol. The van der Waals surface area contributed by atoms with Crippen LogP contribution >= 0.6 is 11.6 Å². The molecule has 1 fully saturated rings. The summed E-state index contributed by atoms with van der Waals surface area (Å²) in [5.41, 5.74) is 3.06. The maximum Gasteiger partial charge on any atom is 0.224 e. The first-order valence-electron chi connectivity index (χ1n) is 13.3. The van der Waals surface area contributed by atoms with Gasteiger partial charge in [-0.3, -0.25) is 9.59 Å². The Morgan fingerprint density at radius 3 is 2.44 bits per heavy atom. The number of imidazole rings is 1. The highest BCUT2D eigenvalue weighted by Gasteiger charge is 2.17. The van der Waals surface area contributed by atoms with Crippen molar-refractivity contribution < 1.29 is 9.59 Å². The Labute approximate surface area is 219 Å². The number of halogens is 1. The smallest absolute Gasteiger partial charge is 0.224 e. The van der Waals surface area contributed by atoms with Gasteiger partial charge in [-0.05, 0) is 55.5 Å². The number of carbonyl (C=O) groups is 2. The average molecular weight is 509 g/mol. The third-order valence-corrected chi connectivity index (χ3v) is 7.17. The number of amides is 2. The molecule has 0 spiro atoms. The molecular weight excluding hydrogens is 472 g/mol. The van der Waals surface area contributed by atoms with Crippen molar-refractivity contribution in [1.29, 1.82) is 0 Å². The Balaban J connectivity index is 1.23. The van der Waals surface area contributed by atoms with Crippen molar-refractivity contribution in [2.45, 2.75) is 70.8 Å². The molecule has 2 amide bonds. The van der Waals surface area contributed by atoms with E-state index in [0.29, 0.717) is 31.0 Å². The molecule has 2 aromatic carbocycles. The van der Waals surface area contributed by atoms with Crippen LogP contribution < -0.4 is 5.32 Å². The molecule has 36 heavy (non-hydrogen) atoms. The van der Waals surface area contributed by atoms with Crippen LogP contribution in [-0.2, 0) is 29.0 Å². The molecule has 1 saturated heterocycles. The summed E-state index contributed by atoms with van der Waals surface area (Å²) < 4.78 is 2.24. The minimum absolute atomic E-state index is 0.0354. The Kier molecular flexibility index (Phi) is 9.79. The molecule has 1 aliphatic heterocycles. The van der Waals surface area contributed by atoms with E-state index in [0.717, 1.165) is 74.0 Å². The van der Waals surface area contributed by atoms with Crippen LogP contribution in [0, 0.1) is 0 Å². The van der Waals surface area contributed by atoms with E-state index in [1.807, 2.05) is 47.4 Å². The maximum atomic E-state index is 12.9. The largest absolute Gasteiger partial charge is 0.356 e. The number of nitrogens with zero attached hydrogens (tertiary/aromatic N) is 3. The van der Waals surface area contributed by atoms with Crippen molar-refractivity contribution in [3.63, 3.8) is 0 Å². The zero-order valence-corrected chi connectivity index (χ0v) is 21.8. The van der Waals surface area contributed by atoms with E-state index in [2.05, 4.69) is 16.0 Å². The minimum Gasteiger partial charge on any atom is -0.356 e. The number of hydrogen-bond acceptors (Lipinski definition) is 3. The number of carbonyl (C=O) groups excluding carboxylic acids is 2. The summed E-state index contributed by atoms with van der Waals surface area (Å²) in [6.07, 6.45) is 9.39. The van der Waals surface area contributed by atoms with Gasteiger partial charge in [-0.25, -0.2) is 4.98 Å². The fraction of sp³-hybridized carbons (Fsp3) is 0.483. The minimum atomic E-state index is 0.0354. The van der Waals surface area contributed by atoms with Gasteiger partial charge in [-0.1, -0.05) is 55.1 Å². The first kappa shape index (κ1) is 26.2. The van der Waals surface area contributed by atoms with Crippen LogP contribution in [0.3, 0.4) is 0 Å². The summed E-state index contributed by atoms with van der Waals surface area (Å²) in [5, 5.41) is 3.69. The lowest BCUT2D eigenvalue weighted by Crippen LogP contribution is -2.32. The summed E-state index contributed by atoms with van der Waals surface area (Å²) in [6, 6.07) is 15.6. The molecule has 0 bridgehead atoms. The summed E-state index contributed by atoms with van der Waals surface area (Å²) >= 11 is 5.90. The van der Waals surface area contributed by atoms with E-state index in [4.69, 9.17) is 16.6 Å². The average Bonchev–Trinajstić information content (AvgIpc) is 3.03. The number of likely N-dealkylation sites (tertiary alicyclic amines) is 1. The molecule has 6 nitrogen and oxygen atoms in total. The number of aryl methyl sites for hydroxylation is 2. The van der Waals surface area contributed by atoms with Crippen LogP contribution in [0.2, 0.25) is 5.02 Å². The van der Waals surface area contributed by atoms with Crippen LogP contribution in [0.4, 0.5) is 0 Å². The first-order chi connectivity index (χ1) is 17.6. The zero-order valence-electron chi connectivity index (χ0n) is 21.1. The van der Waals surface area contributed by atoms with Crippen molar-refractivity contribution in [2.75, 3.05) is 19.6 Å². The fourth-order valence-electron chi connectivity index (χ4n) is 4.91. The standard InChI is InChI=1S/C29H37ClN4O2/c30-24-15-13-23(14-16-24)22-28(35)31-18-7-3-4-12-27-32-25-10-5-6-11-26(25)34(27)21-17-29(36)33-19-8-1-2-9-20-33/h5-6,10-11,13-16H,1-4,7-9,12,17-22H2,(H,31,35). The van der Waals surface area contributed by atoms with Gasteiger partial charge in [0.1, 0.15) is 5.82 Å². The van der Waals surface area contributed by atoms with E-state index in [1.54, 1.807) is 0 Å². The van der Waals surface area contributed by atoms with Crippen LogP contribution in [-0.4, -0.2) is 45.9 Å². The number of fused-ring (bicyclic) bond motifs is 1. The molecule has 0 unspecified atom stereocenters. The van der Waals surface area contributed by atoms with Gasteiger partial charge in [0.25, 0.3) is 0 Å². The molecular formula is C29H37ClN4O2. The molecule has 0 aliphatic carbocycles. The van der Waals surface area contributed by atoms with E-state index in [1.165, 1.54) is 12.8 Å². The molecule has 4 rings (SSSR count). The lowest BCUT2D eigenvalue weighted by molar-refractivity contribution is -0.131. The molecule has 3 aromatic rings. The van der Waals surface area contributed by atoms with Crippen molar-refractivity contribution in [3.8, 4) is 0 Å². The number of para-hydroxylation sites is 2. The molecule has 192 valence electrons. The zero-order chi connectivity index (χ0) is 25.2. The number of benzene rings is 2. The van der Waals surface area contributed by atoms with Crippen LogP contribution in [0.15, 0.2) is 48.5 Å².